The Bertz CT molecular complexity index is 125. The number of rotatable bonds is 4. The van der Waals surface area contributed by atoms with Gasteiger partial charge in [0.15, 0.2) is 0 Å². The van der Waals surface area contributed by atoms with Gasteiger partial charge in [0.1, 0.15) is 0 Å². The van der Waals surface area contributed by atoms with E-state index in [1.54, 1.807) is 0 Å². The van der Waals surface area contributed by atoms with E-state index in [1.807, 2.05) is 6.92 Å². The van der Waals surface area contributed by atoms with Gasteiger partial charge >= 0.3 is 0 Å². The maximum Gasteiger partial charge on any atom is 0.205 e. The maximum atomic E-state index is 11.1. The number of carbonyl (C=O) groups excluding carboxylic acids is 1. The van der Waals surface area contributed by atoms with Crippen molar-refractivity contribution in [1.82, 2.24) is 0 Å². The first-order valence-corrected chi connectivity index (χ1v) is 4.98. The summed E-state index contributed by atoms with van der Waals surface area (Å²) < 4.78 is 0. The average molecular weight is 175 g/mol. The molecule has 0 aliphatic rings. The highest BCUT2D eigenvalue weighted by Gasteiger charge is 2.13. The van der Waals surface area contributed by atoms with Crippen LogP contribution in [0.15, 0.2) is 0 Å². The molecule has 2 nitrogen and oxygen atoms in total. The van der Waals surface area contributed by atoms with Crippen molar-refractivity contribution in [1.29, 1.82) is 0 Å². The fourth-order valence-electron chi connectivity index (χ4n) is 0.853. The Kier molecular flexibility index (Phi) is 5.60. The predicted octanol–water partition coefficient (Wildman–Crippen LogP) is 1.64. The molecule has 0 aromatic rings. The van der Waals surface area contributed by atoms with Crippen molar-refractivity contribution < 1.29 is 4.79 Å². The molecular formula is C8H17NOS. The highest BCUT2D eigenvalue weighted by Crippen LogP contribution is 2.10. The summed E-state index contributed by atoms with van der Waals surface area (Å²) in [4.78, 5) is 11.1. The molecule has 0 spiro atoms. The normalized spacial score (nSPS) is 13.5. The van der Waals surface area contributed by atoms with E-state index in [1.165, 1.54) is 11.8 Å². The van der Waals surface area contributed by atoms with Gasteiger partial charge in [0.05, 0.1) is 6.04 Å². The van der Waals surface area contributed by atoms with Gasteiger partial charge in [-0.3, -0.25) is 4.79 Å². The lowest BCUT2D eigenvalue weighted by molar-refractivity contribution is -0.112. The molecule has 0 saturated heterocycles. The molecule has 1 atom stereocenters. The molecule has 0 unspecified atom stereocenters. The minimum Gasteiger partial charge on any atom is -0.321 e. The minimum absolute atomic E-state index is 0.126. The first-order chi connectivity index (χ1) is 5.07. The second-order valence-electron chi connectivity index (χ2n) is 2.99. The van der Waals surface area contributed by atoms with E-state index in [-0.39, 0.29) is 11.2 Å². The molecule has 11 heavy (non-hydrogen) atoms. The van der Waals surface area contributed by atoms with Gasteiger partial charge in [0.2, 0.25) is 5.12 Å². The summed E-state index contributed by atoms with van der Waals surface area (Å²) in [6.07, 6.45) is 0.797. The molecule has 0 amide bonds. The van der Waals surface area contributed by atoms with Gasteiger partial charge in [-0.05, 0) is 18.1 Å². The lowest BCUT2D eigenvalue weighted by Gasteiger charge is -2.11. The van der Waals surface area contributed by atoms with Crippen molar-refractivity contribution in [3.8, 4) is 0 Å². The van der Waals surface area contributed by atoms with Crippen LogP contribution in [0.3, 0.4) is 0 Å². The average Bonchev–Trinajstić information content (AvgIpc) is 1.86. The number of carbonyl (C=O) groups is 1. The van der Waals surface area contributed by atoms with Gasteiger partial charge in [-0.25, -0.2) is 0 Å². The molecule has 0 saturated carbocycles. The summed E-state index contributed by atoms with van der Waals surface area (Å²) in [6.45, 7) is 6.11. The van der Waals surface area contributed by atoms with Crippen LogP contribution in [0.2, 0.25) is 0 Å². The first kappa shape index (κ1) is 11.0. The summed E-state index contributed by atoms with van der Waals surface area (Å²) in [7, 11) is 0. The third-order valence-corrected chi connectivity index (χ3v) is 2.19. The van der Waals surface area contributed by atoms with E-state index < -0.39 is 0 Å². The van der Waals surface area contributed by atoms with Crippen molar-refractivity contribution in [2.24, 2.45) is 11.7 Å². The highest BCUT2D eigenvalue weighted by atomic mass is 32.2. The van der Waals surface area contributed by atoms with Crippen molar-refractivity contribution >= 4 is 16.9 Å². The molecule has 0 aromatic carbocycles. The van der Waals surface area contributed by atoms with Crippen molar-refractivity contribution in [2.45, 2.75) is 33.2 Å². The summed E-state index contributed by atoms with van der Waals surface area (Å²) >= 11 is 1.32. The van der Waals surface area contributed by atoms with Crippen molar-refractivity contribution in [3.63, 3.8) is 0 Å². The van der Waals surface area contributed by atoms with Crippen molar-refractivity contribution in [3.05, 3.63) is 0 Å². The van der Waals surface area contributed by atoms with E-state index in [0.29, 0.717) is 5.92 Å². The Morgan fingerprint density at radius 3 is 2.45 bits per heavy atom. The maximum absolute atomic E-state index is 11.1. The van der Waals surface area contributed by atoms with Crippen LogP contribution >= 0.6 is 11.8 Å². The van der Waals surface area contributed by atoms with E-state index in [4.69, 9.17) is 5.73 Å². The lowest BCUT2D eigenvalue weighted by Crippen LogP contribution is -2.29. The Balaban J connectivity index is 3.64. The SMILES string of the molecule is CCSC(=O)[C@@H](N)CC(C)C. The van der Waals surface area contributed by atoms with Crippen LogP contribution < -0.4 is 5.73 Å². The largest absolute Gasteiger partial charge is 0.321 e. The summed E-state index contributed by atoms with van der Waals surface area (Å²) in [5.41, 5.74) is 5.63. The number of thioether (sulfide) groups is 1. The van der Waals surface area contributed by atoms with E-state index >= 15 is 0 Å². The highest BCUT2D eigenvalue weighted by molar-refractivity contribution is 8.13. The van der Waals surface area contributed by atoms with E-state index in [2.05, 4.69) is 13.8 Å². The molecule has 0 fully saturated rings. The lowest BCUT2D eigenvalue weighted by atomic mass is 10.1. The van der Waals surface area contributed by atoms with E-state index in [0.717, 1.165) is 12.2 Å². The molecule has 0 rings (SSSR count). The Labute approximate surface area is 72.9 Å². The first-order valence-electron chi connectivity index (χ1n) is 4.00. The zero-order valence-corrected chi connectivity index (χ0v) is 8.28. The molecule has 2 N–H and O–H groups in total. The minimum atomic E-state index is -0.264. The fraction of sp³-hybridized carbons (Fsp3) is 0.875. The number of hydrogen-bond acceptors (Lipinski definition) is 3. The molecular weight excluding hydrogens is 158 g/mol. The van der Waals surface area contributed by atoms with Gasteiger partial charge in [-0.1, -0.05) is 32.5 Å². The molecule has 3 heteroatoms. The topological polar surface area (TPSA) is 43.1 Å². The summed E-state index contributed by atoms with van der Waals surface area (Å²) in [5, 5.41) is 0.126. The van der Waals surface area contributed by atoms with Gasteiger partial charge in [0.25, 0.3) is 0 Å². The van der Waals surface area contributed by atoms with Gasteiger partial charge < -0.3 is 5.73 Å². The number of nitrogens with two attached hydrogens (primary N) is 1. The quantitative estimate of drug-likeness (QED) is 0.706. The molecule has 0 aliphatic heterocycles. The van der Waals surface area contributed by atoms with Crippen LogP contribution in [-0.2, 0) is 4.79 Å². The molecule has 0 bridgehead atoms. The Morgan fingerprint density at radius 1 is 1.55 bits per heavy atom. The van der Waals surface area contributed by atoms with E-state index in [9.17, 15) is 4.79 Å². The zero-order valence-electron chi connectivity index (χ0n) is 7.46. The van der Waals surface area contributed by atoms with Crippen LogP contribution in [0.4, 0.5) is 0 Å². The second-order valence-corrected chi connectivity index (χ2v) is 4.26. The Hall–Kier alpha value is -0.0200. The van der Waals surface area contributed by atoms with Crippen LogP contribution in [-0.4, -0.2) is 16.9 Å². The van der Waals surface area contributed by atoms with Crippen molar-refractivity contribution in [2.75, 3.05) is 5.75 Å². The summed E-state index contributed by atoms with van der Waals surface area (Å²) in [6, 6.07) is -0.264. The third-order valence-electron chi connectivity index (χ3n) is 1.31. The Morgan fingerprint density at radius 2 is 2.09 bits per heavy atom. The van der Waals surface area contributed by atoms with Crippen LogP contribution in [0.1, 0.15) is 27.2 Å². The van der Waals surface area contributed by atoms with Gasteiger partial charge in [0, 0.05) is 0 Å². The fourth-order valence-corrected chi connectivity index (χ4v) is 1.45. The van der Waals surface area contributed by atoms with Gasteiger partial charge in [-0.15, -0.1) is 0 Å². The van der Waals surface area contributed by atoms with Crippen LogP contribution in [0.5, 0.6) is 0 Å². The standard InChI is InChI=1S/C8H17NOS/c1-4-11-8(10)7(9)5-6(2)3/h6-7H,4-5,9H2,1-3H3/t7-/m0/s1. The molecule has 0 aromatic heterocycles. The smallest absolute Gasteiger partial charge is 0.205 e. The van der Waals surface area contributed by atoms with Crippen LogP contribution in [0, 0.1) is 5.92 Å². The van der Waals surface area contributed by atoms with Gasteiger partial charge in [-0.2, -0.15) is 0 Å². The number of hydrogen-bond donors (Lipinski definition) is 1. The molecule has 0 aliphatic carbocycles. The third kappa shape index (κ3) is 5.27. The molecule has 0 heterocycles. The monoisotopic (exact) mass is 175 g/mol. The molecule has 66 valence electrons. The zero-order chi connectivity index (χ0) is 8.85. The molecule has 0 radical (unpaired) electrons. The predicted molar refractivity (Wildman–Crippen MR) is 50.6 cm³/mol. The van der Waals surface area contributed by atoms with Crippen LogP contribution in [0.25, 0.3) is 0 Å². The summed E-state index contributed by atoms with van der Waals surface area (Å²) in [5.74, 6) is 1.33. The second kappa shape index (κ2) is 5.61.